The Labute approximate surface area is 433 Å². The highest BCUT2D eigenvalue weighted by Crippen LogP contribution is 2.39. The number of oxazole rings is 2. The number of benzene rings is 7. The second kappa shape index (κ2) is 18.7. The standard InChI is InChI=1S/C64H63N5O5/c1-61(2,3)43-29-41(30-44(33-43)62(4,5)6)59-65-51-26-18-38(28-54(51)73-59)37-71-48-23-25-50(53(70)35-48)58-68-56(39-16-14-13-15-17-39)67-57(69-58)40-19-21-47(22-20-40)72-49-24-27-52-55(36-49)74-60(66-52)42-31-45(63(7,8)9)34-46(32-42)64(10,11)12/h13-36,70H,37H2,1-12H3. The van der Waals surface area contributed by atoms with Crippen molar-refractivity contribution in [3.63, 3.8) is 0 Å². The average Bonchev–Trinajstić information content (AvgIpc) is 4.00. The maximum atomic E-state index is 11.5. The lowest BCUT2D eigenvalue weighted by atomic mass is 9.79. The van der Waals surface area contributed by atoms with Crippen molar-refractivity contribution in [3.8, 4) is 80.1 Å². The first-order chi connectivity index (χ1) is 35.0. The number of rotatable bonds is 10. The number of aromatic nitrogens is 5. The zero-order valence-corrected chi connectivity index (χ0v) is 44.4. The number of phenols is 1. The van der Waals surface area contributed by atoms with E-state index in [-0.39, 0.29) is 34.0 Å². The van der Waals surface area contributed by atoms with E-state index in [1.54, 1.807) is 18.2 Å². The van der Waals surface area contributed by atoms with Gasteiger partial charge in [-0.25, -0.2) is 24.9 Å². The summed E-state index contributed by atoms with van der Waals surface area (Å²) in [7, 11) is 0. The minimum atomic E-state index is -0.0380. The maximum absolute atomic E-state index is 11.5. The molecule has 0 spiro atoms. The highest BCUT2D eigenvalue weighted by atomic mass is 16.5. The molecule has 0 radical (unpaired) electrons. The first-order valence-electron chi connectivity index (χ1n) is 25.2. The minimum absolute atomic E-state index is 0.0335. The summed E-state index contributed by atoms with van der Waals surface area (Å²) in [5.74, 6) is 4.04. The number of nitrogens with zero attached hydrogens (tertiary/aromatic N) is 5. The molecular formula is C64H63N5O5. The van der Waals surface area contributed by atoms with E-state index >= 15 is 0 Å². The van der Waals surface area contributed by atoms with Crippen LogP contribution in [0.1, 0.15) is 111 Å². The Morgan fingerprint density at radius 1 is 0.405 bits per heavy atom. The average molecular weight is 982 g/mol. The van der Waals surface area contributed by atoms with Crippen molar-refractivity contribution in [2.24, 2.45) is 0 Å². The maximum Gasteiger partial charge on any atom is 0.227 e. The zero-order valence-electron chi connectivity index (χ0n) is 44.4. The van der Waals surface area contributed by atoms with Crippen molar-refractivity contribution in [1.82, 2.24) is 24.9 Å². The van der Waals surface area contributed by atoms with E-state index in [9.17, 15) is 5.11 Å². The Balaban J connectivity index is 0.868. The number of ether oxygens (including phenoxy) is 2. The number of hydrogen-bond donors (Lipinski definition) is 1. The van der Waals surface area contributed by atoms with E-state index in [1.165, 1.54) is 22.3 Å². The molecule has 3 aromatic heterocycles. The molecule has 10 nitrogen and oxygen atoms in total. The van der Waals surface area contributed by atoms with Gasteiger partial charge in [-0.15, -0.1) is 0 Å². The smallest absolute Gasteiger partial charge is 0.227 e. The van der Waals surface area contributed by atoms with Crippen molar-refractivity contribution in [2.75, 3.05) is 0 Å². The molecule has 0 atom stereocenters. The van der Waals surface area contributed by atoms with Gasteiger partial charge in [0.1, 0.15) is 40.6 Å². The lowest BCUT2D eigenvalue weighted by molar-refractivity contribution is 0.304. The second-order valence-corrected chi connectivity index (χ2v) is 23.3. The van der Waals surface area contributed by atoms with Crippen molar-refractivity contribution < 1.29 is 23.4 Å². The molecule has 0 amide bonds. The van der Waals surface area contributed by atoms with Gasteiger partial charge in [-0.1, -0.05) is 132 Å². The molecule has 7 aromatic carbocycles. The fourth-order valence-corrected chi connectivity index (χ4v) is 8.62. The van der Waals surface area contributed by atoms with Gasteiger partial charge in [-0.2, -0.15) is 0 Å². The molecule has 0 bridgehead atoms. The third-order valence-electron chi connectivity index (χ3n) is 13.3. The summed E-state index contributed by atoms with van der Waals surface area (Å²) in [6.07, 6.45) is 0. The topological polar surface area (TPSA) is 129 Å². The molecule has 0 aliphatic heterocycles. The predicted octanol–water partition coefficient (Wildman–Crippen LogP) is 16.8. The summed E-state index contributed by atoms with van der Waals surface area (Å²) >= 11 is 0. The summed E-state index contributed by atoms with van der Waals surface area (Å²) in [5, 5.41) is 11.5. The monoisotopic (exact) mass is 981 g/mol. The van der Waals surface area contributed by atoms with Crippen molar-refractivity contribution in [1.29, 1.82) is 0 Å². The fraction of sp³-hybridized carbons (Fsp3) is 0.266. The Kier molecular flexibility index (Phi) is 12.5. The molecule has 0 aliphatic carbocycles. The van der Waals surface area contributed by atoms with Gasteiger partial charge in [-0.05, 0) is 134 Å². The Bertz CT molecular complexity index is 3630. The van der Waals surface area contributed by atoms with Gasteiger partial charge in [-0.3, -0.25) is 0 Å². The number of phenolic OH excluding ortho intramolecular Hbond substituents is 1. The minimum Gasteiger partial charge on any atom is -0.507 e. The number of fused-ring (bicyclic) bond motifs is 2. The Hall–Kier alpha value is -8.11. The van der Waals surface area contributed by atoms with Crippen molar-refractivity contribution in [3.05, 3.63) is 173 Å². The molecule has 374 valence electrons. The molecule has 0 fully saturated rings. The summed E-state index contributed by atoms with van der Waals surface area (Å²) < 4.78 is 25.3. The van der Waals surface area contributed by atoms with Crippen LogP contribution in [0.5, 0.6) is 23.0 Å². The summed E-state index contributed by atoms with van der Waals surface area (Å²) in [5.41, 5.74) is 12.4. The molecule has 0 saturated carbocycles. The Morgan fingerprint density at radius 2 is 0.865 bits per heavy atom. The van der Waals surface area contributed by atoms with Gasteiger partial charge in [0.25, 0.3) is 0 Å². The van der Waals surface area contributed by atoms with E-state index < -0.39 is 0 Å². The third-order valence-corrected chi connectivity index (χ3v) is 13.3. The van der Waals surface area contributed by atoms with E-state index in [0.717, 1.165) is 38.9 Å². The van der Waals surface area contributed by atoms with Gasteiger partial charge in [0, 0.05) is 34.4 Å². The fourth-order valence-electron chi connectivity index (χ4n) is 8.62. The van der Waals surface area contributed by atoms with Crippen LogP contribution in [0.2, 0.25) is 0 Å². The molecule has 0 aliphatic rings. The number of hydrogen-bond acceptors (Lipinski definition) is 10. The molecule has 1 N–H and O–H groups in total. The lowest BCUT2D eigenvalue weighted by Crippen LogP contribution is -2.16. The largest absolute Gasteiger partial charge is 0.507 e. The van der Waals surface area contributed by atoms with Gasteiger partial charge in [0.15, 0.2) is 28.6 Å². The highest BCUT2D eigenvalue weighted by molar-refractivity contribution is 5.79. The quantitative estimate of drug-likeness (QED) is 0.141. The van der Waals surface area contributed by atoms with Crippen LogP contribution >= 0.6 is 0 Å². The van der Waals surface area contributed by atoms with Crippen LogP contribution < -0.4 is 9.47 Å². The predicted molar refractivity (Wildman–Crippen MR) is 296 cm³/mol. The van der Waals surface area contributed by atoms with Crippen LogP contribution in [0.3, 0.4) is 0 Å². The van der Waals surface area contributed by atoms with Gasteiger partial charge in [0.2, 0.25) is 11.8 Å². The zero-order chi connectivity index (χ0) is 52.3. The van der Waals surface area contributed by atoms with E-state index in [4.69, 9.17) is 43.2 Å². The van der Waals surface area contributed by atoms with Gasteiger partial charge in [0.05, 0.1) is 5.56 Å². The molecule has 0 unspecified atom stereocenters. The second-order valence-electron chi connectivity index (χ2n) is 23.3. The molecule has 74 heavy (non-hydrogen) atoms. The number of aromatic hydroxyl groups is 1. The summed E-state index contributed by atoms with van der Waals surface area (Å²) in [6, 6.07) is 47.3. The van der Waals surface area contributed by atoms with Crippen molar-refractivity contribution in [2.45, 2.75) is 111 Å². The molecule has 10 heteroatoms. The molecular weight excluding hydrogens is 919 g/mol. The van der Waals surface area contributed by atoms with E-state index in [2.05, 4.69) is 119 Å². The molecule has 0 saturated heterocycles. The molecule has 3 heterocycles. The first-order valence-corrected chi connectivity index (χ1v) is 25.2. The van der Waals surface area contributed by atoms with Crippen LogP contribution in [-0.2, 0) is 28.3 Å². The molecule has 10 rings (SSSR count). The van der Waals surface area contributed by atoms with Crippen LogP contribution in [0.25, 0.3) is 79.3 Å². The van der Waals surface area contributed by atoms with Gasteiger partial charge < -0.3 is 23.4 Å². The Morgan fingerprint density at radius 3 is 1.38 bits per heavy atom. The summed E-state index contributed by atoms with van der Waals surface area (Å²) in [4.78, 5) is 24.4. The SMILES string of the molecule is CC(C)(C)c1cc(-c2nc3ccc(COc4ccc(-c5nc(-c6ccccc6)nc(-c6ccc(Oc7ccc8nc(-c9cc(C(C)(C)C)cc(C(C)(C)C)c9)oc8c7)cc6)n5)c(O)c4)cc3o2)cc(C(C)(C)C)c1. The van der Waals surface area contributed by atoms with Gasteiger partial charge >= 0.3 is 0 Å². The van der Waals surface area contributed by atoms with E-state index in [1.807, 2.05) is 91.0 Å². The highest BCUT2D eigenvalue weighted by Gasteiger charge is 2.25. The summed E-state index contributed by atoms with van der Waals surface area (Å²) in [6.45, 7) is 26.9. The van der Waals surface area contributed by atoms with Crippen molar-refractivity contribution >= 4 is 22.2 Å². The lowest BCUT2D eigenvalue weighted by Gasteiger charge is -2.25. The van der Waals surface area contributed by atoms with E-state index in [0.29, 0.717) is 63.2 Å². The van der Waals surface area contributed by atoms with Crippen LogP contribution in [0.15, 0.2) is 154 Å². The van der Waals surface area contributed by atoms with Crippen LogP contribution in [-0.4, -0.2) is 30.0 Å². The van der Waals surface area contributed by atoms with Crippen LogP contribution in [0.4, 0.5) is 0 Å². The normalized spacial score (nSPS) is 12.4. The first kappa shape index (κ1) is 49.5. The molecule has 10 aromatic rings. The third kappa shape index (κ3) is 10.7. The van der Waals surface area contributed by atoms with Crippen LogP contribution in [0, 0.1) is 0 Å².